The Morgan fingerprint density at radius 3 is 2.73 bits per heavy atom. The van der Waals surface area contributed by atoms with Crippen LogP contribution in [0.1, 0.15) is 46.1 Å². The summed E-state index contributed by atoms with van der Waals surface area (Å²) in [5.41, 5.74) is 14.8. The third kappa shape index (κ3) is 4.94. The molecule has 0 bridgehead atoms. The summed E-state index contributed by atoms with van der Waals surface area (Å²) in [5.74, 6) is -0.506. The van der Waals surface area contributed by atoms with Gasteiger partial charge in [0, 0.05) is 16.9 Å². The number of thiazole rings is 1. The van der Waals surface area contributed by atoms with Gasteiger partial charge in [-0.2, -0.15) is 0 Å². The Morgan fingerprint density at radius 2 is 2.10 bits per heavy atom. The molecule has 6 nitrogen and oxygen atoms in total. The smallest absolute Gasteiger partial charge is 0.248 e. The van der Waals surface area contributed by atoms with Gasteiger partial charge in [-0.3, -0.25) is 9.79 Å². The quantitative estimate of drug-likeness (QED) is 0.465. The summed E-state index contributed by atoms with van der Waals surface area (Å²) < 4.78 is 13.9. The van der Waals surface area contributed by atoms with Gasteiger partial charge < -0.3 is 16.8 Å². The molecule has 0 saturated heterocycles. The van der Waals surface area contributed by atoms with E-state index in [4.69, 9.17) is 11.5 Å². The summed E-state index contributed by atoms with van der Waals surface area (Å²) in [6.07, 6.45) is 4.93. The minimum Gasteiger partial charge on any atom is -0.370 e. The molecule has 0 aliphatic heterocycles. The zero-order chi connectivity index (χ0) is 21.8. The highest BCUT2D eigenvalue weighted by Crippen LogP contribution is 2.30. The van der Waals surface area contributed by atoms with E-state index in [2.05, 4.69) is 22.2 Å². The number of rotatable bonds is 7. The van der Waals surface area contributed by atoms with Gasteiger partial charge in [0.05, 0.1) is 12.2 Å². The maximum Gasteiger partial charge on any atom is 0.248 e. The molecule has 1 aliphatic carbocycles. The van der Waals surface area contributed by atoms with E-state index in [0.29, 0.717) is 17.6 Å². The first-order valence-electron chi connectivity index (χ1n) is 9.77. The number of aryl methyl sites for hydroxylation is 3. The van der Waals surface area contributed by atoms with E-state index in [1.54, 1.807) is 30.4 Å². The van der Waals surface area contributed by atoms with E-state index in [0.717, 1.165) is 28.3 Å². The van der Waals surface area contributed by atoms with Crippen LogP contribution in [0.4, 0.5) is 4.39 Å². The van der Waals surface area contributed by atoms with Crippen LogP contribution in [-0.4, -0.2) is 23.4 Å². The molecule has 30 heavy (non-hydrogen) atoms. The zero-order valence-electron chi connectivity index (χ0n) is 17.3. The Balaban J connectivity index is 1.72. The summed E-state index contributed by atoms with van der Waals surface area (Å²) in [5, 5.41) is 3.78. The molecule has 158 valence electrons. The lowest BCUT2D eigenvalue weighted by molar-refractivity contribution is -0.118. The second kappa shape index (κ2) is 9.21. The van der Waals surface area contributed by atoms with Crippen LogP contribution in [0.25, 0.3) is 5.57 Å². The molecule has 0 fully saturated rings. The molecule has 1 aromatic carbocycles. The predicted molar refractivity (Wildman–Crippen MR) is 120 cm³/mol. The molecule has 5 N–H and O–H groups in total. The second-order valence-corrected chi connectivity index (χ2v) is 8.35. The molecular formula is C22H26FN5OS. The van der Waals surface area contributed by atoms with Crippen LogP contribution < -0.4 is 16.8 Å². The number of carbonyl (C=O) groups excluding carboxylic acids is 1. The average molecular weight is 428 g/mol. The van der Waals surface area contributed by atoms with Crippen molar-refractivity contribution in [2.24, 2.45) is 16.5 Å². The van der Waals surface area contributed by atoms with Crippen LogP contribution in [-0.2, 0) is 11.2 Å². The maximum absolute atomic E-state index is 13.9. The van der Waals surface area contributed by atoms with Crippen molar-refractivity contribution < 1.29 is 9.18 Å². The van der Waals surface area contributed by atoms with E-state index in [1.165, 1.54) is 10.9 Å². The SMILES string of the molecule is CCc1sc(C(CN=C(N)N)NC(=O)C2=CC=C(c3ccc(C)c(F)c3)C2)nc1C. The zero-order valence-corrected chi connectivity index (χ0v) is 18.1. The average Bonchev–Trinajstić information content (AvgIpc) is 3.34. The number of nitrogens with one attached hydrogen (secondary N) is 1. The Bertz CT molecular complexity index is 1050. The number of nitrogens with two attached hydrogens (primary N) is 2. The number of allylic oxidation sites excluding steroid dienone is 3. The lowest BCUT2D eigenvalue weighted by Gasteiger charge is -2.15. The van der Waals surface area contributed by atoms with Crippen LogP contribution >= 0.6 is 11.3 Å². The topological polar surface area (TPSA) is 106 Å². The van der Waals surface area contributed by atoms with Gasteiger partial charge in [0.1, 0.15) is 16.9 Å². The fourth-order valence-corrected chi connectivity index (χ4v) is 4.28. The summed E-state index contributed by atoms with van der Waals surface area (Å²) in [4.78, 5) is 22.8. The number of hydrogen-bond acceptors (Lipinski definition) is 4. The number of hydrogen-bond donors (Lipinski definition) is 3. The van der Waals surface area contributed by atoms with Gasteiger partial charge in [0.2, 0.25) is 5.91 Å². The fraction of sp³-hybridized carbons (Fsp3) is 0.318. The lowest BCUT2D eigenvalue weighted by atomic mass is 10.0. The molecule has 1 atom stereocenters. The molecule has 1 amide bonds. The Labute approximate surface area is 179 Å². The Morgan fingerprint density at radius 1 is 1.33 bits per heavy atom. The standard InChI is InChI=1S/C22H26FN5OS/c1-4-19-13(3)27-21(30-19)18(11-26-22(24)25)28-20(29)16-8-7-14(9-16)15-6-5-12(2)17(23)10-15/h5-8,10,18H,4,9,11H2,1-3H3,(H,28,29)(H4,24,25,26). The molecule has 3 rings (SSSR count). The molecule has 1 aromatic heterocycles. The molecule has 8 heteroatoms. The monoisotopic (exact) mass is 427 g/mol. The van der Waals surface area contributed by atoms with Gasteiger partial charge in [0.15, 0.2) is 5.96 Å². The summed E-state index contributed by atoms with van der Waals surface area (Å²) in [6, 6.07) is 4.68. The highest BCUT2D eigenvalue weighted by Gasteiger charge is 2.23. The molecule has 1 heterocycles. The van der Waals surface area contributed by atoms with Crippen LogP contribution in [0.15, 0.2) is 40.9 Å². The number of benzene rings is 1. The summed E-state index contributed by atoms with van der Waals surface area (Å²) in [7, 11) is 0. The fourth-order valence-electron chi connectivity index (χ4n) is 3.23. The van der Waals surface area contributed by atoms with Crippen molar-refractivity contribution >= 4 is 28.8 Å². The predicted octanol–water partition coefficient (Wildman–Crippen LogP) is 3.31. The van der Waals surface area contributed by atoms with Crippen molar-refractivity contribution in [1.29, 1.82) is 0 Å². The maximum atomic E-state index is 13.9. The molecule has 0 radical (unpaired) electrons. The number of aromatic nitrogens is 1. The molecule has 1 aliphatic rings. The summed E-state index contributed by atoms with van der Waals surface area (Å²) in [6.45, 7) is 5.95. The third-order valence-corrected chi connectivity index (χ3v) is 6.41. The number of aliphatic imine (C=N–C) groups is 1. The molecular weight excluding hydrogens is 401 g/mol. The third-order valence-electron chi connectivity index (χ3n) is 4.99. The Hall–Kier alpha value is -3.00. The first-order valence-corrected chi connectivity index (χ1v) is 10.6. The highest BCUT2D eigenvalue weighted by molar-refractivity contribution is 7.11. The van der Waals surface area contributed by atoms with Gasteiger partial charge in [-0.15, -0.1) is 11.3 Å². The normalized spacial score (nSPS) is 14.1. The lowest BCUT2D eigenvalue weighted by Crippen LogP contribution is -2.33. The van der Waals surface area contributed by atoms with E-state index in [1.807, 2.05) is 19.1 Å². The molecule has 0 saturated carbocycles. The van der Waals surface area contributed by atoms with Gasteiger partial charge in [0.25, 0.3) is 0 Å². The van der Waals surface area contributed by atoms with Crippen LogP contribution in [0, 0.1) is 19.7 Å². The van der Waals surface area contributed by atoms with Crippen molar-refractivity contribution in [3.05, 3.63) is 68.4 Å². The van der Waals surface area contributed by atoms with Crippen molar-refractivity contribution in [2.75, 3.05) is 6.54 Å². The Kier molecular flexibility index (Phi) is 6.66. The van der Waals surface area contributed by atoms with E-state index in [9.17, 15) is 9.18 Å². The minimum atomic E-state index is -0.426. The molecule has 0 spiro atoms. The largest absolute Gasteiger partial charge is 0.370 e. The first-order chi connectivity index (χ1) is 14.3. The van der Waals surface area contributed by atoms with Crippen LogP contribution in [0.3, 0.4) is 0 Å². The minimum absolute atomic E-state index is 0.0383. The van der Waals surface area contributed by atoms with Gasteiger partial charge in [-0.05, 0) is 43.0 Å². The number of amides is 1. The van der Waals surface area contributed by atoms with Crippen LogP contribution in [0.5, 0.6) is 0 Å². The van der Waals surface area contributed by atoms with E-state index < -0.39 is 6.04 Å². The van der Waals surface area contributed by atoms with Gasteiger partial charge in [-0.25, -0.2) is 9.37 Å². The number of guanidine groups is 1. The molecule has 2 aromatic rings. The number of halogens is 1. The van der Waals surface area contributed by atoms with Crippen molar-refractivity contribution in [3.63, 3.8) is 0 Å². The highest BCUT2D eigenvalue weighted by atomic mass is 32.1. The first kappa shape index (κ1) is 21.7. The second-order valence-electron chi connectivity index (χ2n) is 7.23. The molecule has 1 unspecified atom stereocenters. The van der Waals surface area contributed by atoms with Crippen LogP contribution in [0.2, 0.25) is 0 Å². The van der Waals surface area contributed by atoms with Crippen molar-refractivity contribution in [1.82, 2.24) is 10.3 Å². The van der Waals surface area contributed by atoms with Gasteiger partial charge in [-0.1, -0.05) is 31.2 Å². The summed E-state index contributed by atoms with van der Waals surface area (Å²) >= 11 is 1.55. The van der Waals surface area contributed by atoms with E-state index >= 15 is 0 Å². The number of carbonyl (C=O) groups is 1. The van der Waals surface area contributed by atoms with Crippen molar-refractivity contribution in [3.8, 4) is 0 Å². The van der Waals surface area contributed by atoms with E-state index in [-0.39, 0.29) is 24.2 Å². The van der Waals surface area contributed by atoms with Crippen molar-refractivity contribution in [2.45, 2.75) is 39.7 Å². The number of nitrogens with zero attached hydrogens (tertiary/aromatic N) is 2. The van der Waals surface area contributed by atoms with Gasteiger partial charge >= 0.3 is 0 Å².